The molecule has 0 spiro atoms. The van der Waals surface area contributed by atoms with Gasteiger partial charge in [0.15, 0.2) is 5.65 Å². The van der Waals surface area contributed by atoms with Crippen molar-refractivity contribution < 1.29 is 9.90 Å². The van der Waals surface area contributed by atoms with Crippen LogP contribution in [0, 0.1) is 0 Å². The monoisotopic (exact) mass is 291 g/mol. The Balaban J connectivity index is 0.00000161. The van der Waals surface area contributed by atoms with Crippen LogP contribution in [0.2, 0.25) is 0 Å². The Hall–Kier alpha value is -1.76. The van der Waals surface area contributed by atoms with Crippen molar-refractivity contribution in [1.82, 2.24) is 19.6 Å². The van der Waals surface area contributed by atoms with Crippen LogP contribution in [0.1, 0.15) is 23.0 Å². The summed E-state index contributed by atoms with van der Waals surface area (Å²) in [5.74, 6) is -1.03. The molecule has 0 aromatic carbocycles. The Morgan fingerprint density at radius 3 is 2.81 bits per heavy atom. The largest absolute Gasteiger partial charge is 0.477 e. The van der Waals surface area contributed by atoms with Gasteiger partial charge in [-0.05, 0) is 24.6 Å². The summed E-state index contributed by atoms with van der Waals surface area (Å²) in [5.41, 5.74) is 2.71. The van der Waals surface area contributed by atoms with E-state index in [1.54, 1.807) is 6.20 Å². The predicted molar refractivity (Wildman–Crippen MR) is 78.3 cm³/mol. The van der Waals surface area contributed by atoms with Crippen LogP contribution in [0.5, 0.6) is 0 Å². The number of aromatic nitrogens is 4. The molecule has 1 radical (unpaired) electrons. The molecule has 0 aliphatic rings. The number of hydrogen-bond donors (Lipinski definition) is 1. The smallest absolute Gasteiger partial charge is 0.341 e. The molecule has 0 aliphatic carbocycles. The summed E-state index contributed by atoms with van der Waals surface area (Å²) >= 11 is 0. The molecule has 0 atom stereocenters. The summed E-state index contributed by atoms with van der Waals surface area (Å²) in [6.07, 6.45) is 3.71. The molecule has 6 nitrogen and oxygen atoms in total. The third-order valence-electron chi connectivity index (χ3n) is 3.04. The Kier molecular flexibility index (Phi) is 4.72. The van der Waals surface area contributed by atoms with Gasteiger partial charge in [0, 0.05) is 41.4 Å². The van der Waals surface area contributed by atoms with Crippen molar-refractivity contribution in [2.24, 2.45) is 0 Å². The van der Waals surface area contributed by atoms with Crippen molar-refractivity contribution in [2.45, 2.75) is 13.3 Å². The maximum absolute atomic E-state index is 11.2. The minimum atomic E-state index is -1.03. The van der Waals surface area contributed by atoms with Crippen molar-refractivity contribution >= 4 is 41.2 Å². The summed E-state index contributed by atoms with van der Waals surface area (Å²) in [6, 6.07) is 7.44. The quantitative estimate of drug-likeness (QED) is 0.742. The molecule has 0 amide bonds. The Bertz CT molecular complexity index is 786. The molecular weight excluding hydrogens is 279 g/mol. The van der Waals surface area contributed by atoms with Crippen LogP contribution in [0.4, 0.5) is 0 Å². The second-order valence-electron chi connectivity index (χ2n) is 4.30. The molecule has 3 heterocycles. The van der Waals surface area contributed by atoms with Gasteiger partial charge >= 0.3 is 5.97 Å². The van der Waals surface area contributed by atoms with Crippen molar-refractivity contribution in [3.8, 4) is 11.4 Å². The van der Waals surface area contributed by atoms with E-state index in [-0.39, 0.29) is 35.1 Å². The summed E-state index contributed by atoms with van der Waals surface area (Å²) in [4.78, 5) is 19.9. The average Bonchev–Trinajstić information content (AvgIpc) is 2.91. The molecule has 0 saturated heterocycles. The number of aryl methyl sites for hydroxylation is 1. The van der Waals surface area contributed by atoms with Gasteiger partial charge in [-0.3, -0.25) is 4.98 Å². The average molecular weight is 291 g/mol. The first-order valence-electron chi connectivity index (χ1n) is 6.23. The Labute approximate surface area is 143 Å². The predicted octanol–water partition coefficient (Wildman–Crippen LogP) is 1.67. The van der Waals surface area contributed by atoms with Gasteiger partial charge in [-0.1, -0.05) is 13.0 Å². The second-order valence-corrected chi connectivity index (χ2v) is 4.30. The van der Waals surface area contributed by atoms with Crippen LogP contribution in [-0.4, -0.2) is 60.2 Å². The summed E-state index contributed by atoms with van der Waals surface area (Å²) in [6.45, 7) is 1.97. The fourth-order valence-corrected chi connectivity index (χ4v) is 2.04. The summed E-state index contributed by atoms with van der Waals surface area (Å²) in [5, 5.41) is 13.3. The molecule has 1 N–H and O–H groups in total. The van der Waals surface area contributed by atoms with E-state index in [0.717, 1.165) is 17.1 Å². The Morgan fingerprint density at radius 2 is 2.19 bits per heavy atom. The first-order valence-corrected chi connectivity index (χ1v) is 6.23. The van der Waals surface area contributed by atoms with E-state index in [2.05, 4.69) is 15.1 Å². The molecule has 3 rings (SSSR count). The zero-order valence-electron chi connectivity index (χ0n) is 11.8. The topological polar surface area (TPSA) is 80.4 Å². The van der Waals surface area contributed by atoms with E-state index >= 15 is 0 Å². The first-order chi connectivity index (χ1) is 9.70. The number of nitrogens with zero attached hydrogens (tertiary/aromatic N) is 4. The van der Waals surface area contributed by atoms with Crippen LogP contribution in [0.3, 0.4) is 0 Å². The number of carboxylic acid groups (broad SMARTS) is 1. The standard InChI is InChI=1S/C14H12N4O2.Na/c1-2-9-7-12(11-5-3-4-6-15-11)18-13(17-9)10(8-16-18)14(19)20;/h3-8H,2H2,1H3,(H,19,20);. The van der Waals surface area contributed by atoms with Crippen molar-refractivity contribution in [3.63, 3.8) is 0 Å². The molecule has 0 aliphatic heterocycles. The van der Waals surface area contributed by atoms with Gasteiger partial charge in [0.1, 0.15) is 5.56 Å². The van der Waals surface area contributed by atoms with Crippen LogP contribution in [0.15, 0.2) is 36.7 Å². The number of fused-ring (bicyclic) bond motifs is 1. The van der Waals surface area contributed by atoms with Crippen LogP contribution in [-0.2, 0) is 6.42 Å². The van der Waals surface area contributed by atoms with Crippen LogP contribution >= 0.6 is 0 Å². The van der Waals surface area contributed by atoms with Crippen LogP contribution in [0.25, 0.3) is 17.0 Å². The van der Waals surface area contributed by atoms with Gasteiger partial charge < -0.3 is 5.11 Å². The van der Waals surface area contributed by atoms with Gasteiger partial charge in [0.05, 0.1) is 17.6 Å². The van der Waals surface area contributed by atoms with E-state index in [1.165, 1.54) is 10.7 Å². The molecule has 0 fully saturated rings. The van der Waals surface area contributed by atoms with Crippen molar-refractivity contribution in [3.05, 3.63) is 47.9 Å². The first kappa shape index (κ1) is 15.6. The number of carboxylic acids is 1. The second kappa shape index (κ2) is 6.34. The molecule has 0 bridgehead atoms. The molecular formula is C14H12N4NaO2. The van der Waals surface area contributed by atoms with Crippen molar-refractivity contribution in [1.29, 1.82) is 0 Å². The molecule has 0 saturated carbocycles. The van der Waals surface area contributed by atoms with Gasteiger partial charge in [0.25, 0.3) is 0 Å². The molecule has 101 valence electrons. The fourth-order valence-electron chi connectivity index (χ4n) is 2.04. The van der Waals surface area contributed by atoms with E-state index in [0.29, 0.717) is 12.1 Å². The molecule has 0 unspecified atom stereocenters. The molecule has 3 aromatic rings. The number of rotatable bonds is 3. The zero-order chi connectivity index (χ0) is 14.1. The normalized spacial score (nSPS) is 10.3. The minimum absolute atomic E-state index is 0. The maximum atomic E-state index is 11.2. The minimum Gasteiger partial charge on any atom is -0.477 e. The van der Waals surface area contributed by atoms with Gasteiger partial charge in [-0.2, -0.15) is 5.10 Å². The SMILES string of the molecule is CCc1cc(-c2ccccn2)n2ncc(C(=O)O)c2n1.[Na]. The zero-order valence-corrected chi connectivity index (χ0v) is 13.8. The third kappa shape index (κ3) is 2.83. The molecule has 3 aromatic heterocycles. The summed E-state index contributed by atoms with van der Waals surface area (Å²) < 4.78 is 1.52. The maximum Gasteiger partial charge on any atom is 0.341 e. The summed E-state index contributed by atoms with van der Waals surface area (Å²) in [7, 11) is 0. The number of pyridine rings is 1. The van der Waals surface area contributed by atoms with E-state index in [4.69, 9.17) is 0 Å². The van der Waals surface area contributed by atoms with E-state index in [9.17, 15) is 9.90 Å². The van der Waals surface area contributed by atoms with E-state index in [1.807, 2.05) is 31.2 Å². The number of aromatic carboxylic acids is 1. The number of carbonyl (C=O) groups is 1. The van der Waals surface area contributed by atoms with Gasteiger partial charge in [-0.25, -0.2) is 14.3 Å². The Morgan fingerprint density at radius 1 is 1.38 bits per heavy atom. The van der Waals surface area contributed by atoms with Crippen molar-refractivity contribution in [2.75, 3.05) is 0 Å². The molecule has 21 heavy (non-hydrogen) atoms. The molecule has 7 heteroatoms. The van der Waals surface area contributed by atoms with Gasteiger partial charge in [-0.15, -0.1) is 0 Å². The van der Waals surface area contributed by atoms with E-state index < -0.39 is 5.97 Å². The fraction of sp³-hybridized carbons (Fsp3) is 0.143. The third-order valence-corrected chi connectivity index (χ3v) is 3.04. The van der Waals surface area contributed by atoms with Crippen LogP contribution < -0.4 is 0 Å². The number of hydrogen-bond acceptors (Lipinski definition) is 4. The van der Waals surface area contributed by atoms with Gasteiger partial charge in [0.2, 0.25) is 0 Å².